The predicted octanol–water partition coefficient (Wildman–Crippen LogP) is 1.19. The highest BCUT2D eigenvalue weighted by atomic mass is 16.6. The maximum Gasteiger partial charge on any atom is 0.269 e. The molecule has 0 aliphatic heterocycles. The summed E-state index contributed by atoms with van der Waals surface area (Å²) >= 11 is 0. The van der Waals surface area contributed by atoms with Gasteiger partial charge in [0.05, 0.1) is 10.6 Å². The number of nitro benzene ring substituents is 1. The maximum atomic E-state index is 10.3. The van der Waals surface area contributed by atoms with Crippen LogP contribution in [0.3, 0.4) is 0 Å². The van der Waals surface area contributed by atoms with Gasteiger partial charge in [-0.05, 0) is 18.6 Å². The fourth-order valence-corrected chi connectivity index (χ4v) is 0.923. The van der Waals surface area contributed by atoms with Crippen molar-refractivity contribution >= 4 is 11.4 Å². The molecule has 64 valence electrons. The number of nitrogens with two attached hydrogens (primary N) is 1. The van der Waals surface area contributed by atoms with Crippen LogP contribution >= 0.6 is 0 Å². The fourth-order valence-electron chi connectivity index (χ4n) is 0.923. The fraction of sp³-hybridized carbons (Fsp3) is 0.143. The average molecular weight is 167 g/mol. The molecule has 0 aliphatic rings. The smallest absolute Gasteiger partial charge is 0.269 e. The van der Waals surface area contributed by atoms with Gasteiger partial charge < -0.3 is 5.43 Å². The van der Waals surface area contributed by atoms with Gasteiger partial charge in [-0.3, -0.25) is 16.0 Å². The number of nitrogens with one attached hydrogen (secondary N) is 1. The van der Waals surface area contributed by atoms with E-state index in [0.29, 0.717) is 5.69 Å². The summed E-state index contributed by atoms with van der Waals surface area (Å²) in [7, 11) is 0. The zero-order chi connectivity index (χ0) is 9.14. The molecule has 0 aliphatic carbocycles. The van der Waals surface area contributed by atoms with Crippen LogP contribution in [-0.2, 0) is 0 Å². The van der Waals surface area contributed by atoms with Crippen LogP contribution in [0.2, 0.25) is 0 Å². The Balaban J connectivity index is 3.10. The number of aryl methyl sites for hydroxylation is 1. The lowest BCUT2D eigenvalue weighted by Crippen LogP contribution is -2.08. The molecule has 1 aromatic rings. The second kappa shape index (κ2) is 3.19. The van der Waals surface area contributed by atoms with Crippen molar-refractivity contribution < 1.29 is 4.92 Å². The van der Waals surface area contributed by atoms with Gasteiger partial charge in [-0.25, -0.2) is 0 Å². The number of anilines is 1. The second-order valence-corrected chi connectivity index (χ2v) is 2.40. The van der Waals surface area contributed by atoms with Gasteiger partial charge in [0.2, 0.25) is 0 Å². The van der Waals surface area contributed by atoms with E-state index in [9.17, 15) is 10.1 Å². The van der Waals surface area contributed by atoms with Crippen LogP contribution in [0, 0.1) is 17.0 Å². The molecule has 0 unspecified atom stereocenters. The molecule has 0 heterocycles. The van der Waals surface area contributed by atoms with Crippen LogP contribution in [-0.4, -0.2) is 4.92 Å². The first-order valence-corrected chi connectivity index (χ1v) is 3.37. The van der Waals surface area contributed by atoms with Gasteiger partial charge in [-0.15, -0.1) is 0 Å². The van der Waals surface area contributed by atoms with E-state index in [1.54, 1.807) is 13.0 Å². The van der Waals surface area contributed by atoms with E-state index in [1.165, 1.54) is 12.1 Å². The Morgan fingerprint density at radius 3 is 2.67 bits per heavy atom. The van der Waals surface area contributed by atoms with Crippen LogP contribution in [0.1, 0.15) is 5.56 Å². The summed E-state index contributed by atoms with van der Waals surface area (Å²) < 4.78 is 0. The number of hydrazine groups is 1. The maximum absolute atomic E-state index is 10.3. The Bertz CT molecular complexity index is 312. The van der Waals surface area contributed by atoms with E-state index < -0.39 is 4.92 Å². The molecule has 3 N–H and O–H groups in total. The third kappa shape index (κ3) is 1.51. The van der Waals surface area contributed by atoms with Gasteiger partial charge in [0.1, 0.15) is 0 Å². The van der Waals surface area contributed by atoms with Crippen molar-refractivity contribution in [1.82, 2.24) is 0 Å². The molecular formula is C7H9N3O2. The van der Waals surface area contributed by atoms with Crippen molar-refractivity contribution in [3.05, 3.63) is 33.9 Å². The minimum atomic E-state index is -0.437. The number of benzene rings is 1. The van der Waals surface area contributed by atoms with Gasteiger partial charge in [-0.2, -0.15) is 0 Å². The van der Waals surface area contributed by atoms with Gasteiger partial charge in [0.15, 0.2) is 0 Å². The number of nitro groups is 1. The minimum absolute atomic E-state index is 0.0755. The Kier molecular flexibility index (Phi) is 2.25. The van der Waals surface area contributed by atoms with Crippen molar-refractivity contribution in [3.63, 3.8) is 0 Å². The molecule has 1 rings (SSSR count). The number of rotatable bonds is 2. The summed E-state index contributed by atoms with van der Waals surface area (Å²) in [6.45, 7) is 1.75. The molecule has 0 atom stereocenters. The number of nitrogen functional groups attached to an aromatic ring is 1. The summed E-state index contributed by atoms with van der Waals surface area (Å²) in [5, 5.41) is 10.3. The summed E-state index contributed by atoms with van der Waals surface area (Å²) in [5.74, 6) is 5.16. The van der Waals surface area contributed by atoms with E-state index in [0.717, 1.165) is 5.56 Å². The zero-order valence-electron chi connectivity index (χ0n) is 6.57. The van der Waals surface area contributed by atoms with Gasteiger partial charge in [0, 0.05) is 12.1 Å². The van der Waals surface area contributed by atoms with Crippen molar-refractivity contribution in [1.29, 1.82) is 0 Å². The lowest BCUT2D eigenvalue weighted by atomic mass is 10.2. The topological polar surface area (TPSA) is 81.2 Å². The summed E-state index contributed by atoms with van der Waals surface area (Å²) in [5.41, 5.74) is 3.97. The monoisotopic (exact) mass is 167 g/mol. The van der Waals surface area contributed by atoms with Gasteiger partial charge in [0.25, 0.3) is 5.69 Å². The molecule has 1 aromatic carbocycles. The lowest BCUT2D eigenvalue weighted by molar-refractivity contribution is -0.384. The third-order valence-corrected chi connectivity index (χ3v) is 1.58. The molecule has 0 radical (unpaired) electrons. The molecule has 5 heteroatoms. The van der Waals surface area contributed by atoms with Crippen LogP contribution in [0.15, 0.2) is 18.2 Å². The van der Waals surface area contributed by atoms with Gasteiger partial charge >= 0.3 is 0 Å². The normalized spacial score (nSPS) is 9.50. The molecule has 0 saturated carbocycles. The Morgan fingerprint density at radius 1 is 1.58 bits per heavy atom. The molecule has 12 heavy (non-hydrogen) atoms. The van der Waals surface area contributed by atoms with Crippen LogP contribution < -0.4 is 11.3 Å². The molecule has 0 spiro atoms. The van der Waals surface area contributed by atoms with Gasteiger partial charge in [-0.1, -0.05) is 0 Å². The van der Waals surface area contributed by atoms with Crippen molar-refractivity contribution in [2.24, 2.45) is 5.84 Å². The van der Waals surface area contributed by atoms with Crippen LogP contribution in [0.25, 0.3) is 0 Å². The molecule has 0 saturated heterocycles. The number of hydrogen-bond donors (Lipinski definition) is 2. The molecule has 0 amide bonds. The molecular weight excluding hydrogens is 158 g/mol. The van der Waals surface area contributed by atoms with Crippen molar-refractivity contribution in [3.8, 4) is 0 Å². The highest BCUT2D eigenvalue weighted by molar-refractivity contribution is 5.54. The zero-order valence-corrected chi connectivity index (χ0v) is 6.57. The van der Waals surface area contributed by atoms with Crippen LogP contribution in [0.5, 0.6) is 0 Å². The highest BCUT2D eigenvalue weighted by Crippen LogP contribution is 2.19. The Hall–Kier alpha value is -1.62. The number of nitrogens with zero attached hydrogens (tertiary/aromatic N) is 1. The largest absolute Gasteiger partial charge is 0.324 e. The summed E-state index contributed by atoms with van der Waals surface area (Å²) in [4.78, 5) is 9.87. The first-order chi connectivity index (χ1) is 5.65. The number of non-ortho nitro benzene ring substituents is 1. The molecule has 0 fully saturated rings. The van der Waals surface area contributed by atoms with Crippen molar-refractivity contribution in [2.75, 3.05) is 5.43 Å². The third-order valence-electron chi connectivity index (χ3n) is 1.58. The summed E-state index contributed by atoms with van der Waals surface area (Å²) in [6.07, 6.45) is 0. The van der Waals surface area contributed by atoms with E-state index in [2.05, 4.69) is 5.43 Å². The lowest BCUT2D eigenvalue weighted by Gasteiger charge is -2.02. The Morgan fingerprint density at radius 2 is 2.25 bits per heavy atom. The van der Waals surface area contributed by atoms with Crippen molar-refractivity contribution in [2.45, 2.75) is 6.92 Å². The number of hydrogen-bond acceptors (Lipinski definition) is 4. The SMILES string of the molecule is Cc1cc([N+](=O)[O-])ccc1NN. The Labute approximate surface area is 69.3 Å². The average Bonchev–Trinajstić information content (AvgIpc) is 2.04. The molecule has 5 nitrogen and oxygen atoms in total. The standard InChI is InChI=1S/C7H9N3O2/c1-5-4-6(10(11)12)2-3-7(5)9-8/h2-4,9H,8H2,1H3. The second-order valence-electron chi connectivity index (χ2n) is 2.40. The predicted molar refractivity (Wildman–Crippen MR) is 45.6 cm³/mol. The van der Waals surface area contributed by atoms with E-state index in [1.807, 2.05) is 0 Å². The van der Waals surface area contributed by atoms with Crippen LogP contribution in [0.4, 0.5) is 11.4 Å². The van der Waals surface area contributed by atoms with E-state index in [4.69, 9.17) is 5.84 Å². The first kappa shape index (κ1) is 8.48. The molecule has 0 aromatic heterocycles. The first-order valence-electron chi connectivity index (χ1n) is 3.37. The molecule has 0 bridgehead atoms. The van der Waals surface area contributed by atoms with E-state index >= 15 is 0 Å². The van der Waals surface area contributed by atoms with E-state index in [-0.39, 0.29) is 5.69 Å². The quantitative estimate of drug-likeness (QED) is 0.394. The highest BCUT2D eigenvalue weighted by Gasteiger charge is 2.06. The summed E-state index contributed by atoms with van der Waals surface area (Å²) in [6, 6.07) is 4.45. The minimum Gasteiger partial charge on any atom is -0.324 e.